The van der Waals surface area contributed by atoms with E-state index in [2.05, 4.69) is 15.3 Å². The summed E-state index contributed by atoms with van der Waals surface area (Å²) >= 11 is 12.3. The molecule has 1 heterocycles. The molecule has 0 spiro atoms. The highest BCUT2D eigenvalue weighted by molar-refractivity contribution is 6.32. The summed E-state index contributed by atoms with van der Waals surface area (Å²) < 4.78 is 19.5. The van der Waals surface area contributed by atoms with E-state index in [1.54, 1.807) is 18.2 Å². The van der Waals surface area contributed by atoms with E-state index in [9.17, 15) is 9.18 Å². The molecule has 5 nitrogen and oxygen atoms in total. The Kier molecular flexibility index (Phi) is 4.04. The van der Waals surface area contributed by atoms with Crippen molar-refractivity contribution in [1.29, 1.82) is 0 Å². The first-order chi connectivity index (χ1) is 10.9. The number of H-pyrrole nitrogens is 1. The number of imidazole rings is 1. The number of nitrogens with zero attached hydrogens (tertiary/aromatic N) is 1. The molecule has 0 radical (unpaired) electrons. The summed E-state index contributed by atoms with van der Waals surface area (Å²) in [6.07, 6.45) is 6.57. The van der Waals surface area contributed by atoms with Gasteiger partial charge in [-0.1, -0.05) is 29.3 Å². The fraction of sp³-hybridized carbons (Fsp3) is 0.200. The normalized spacial score (nSPS) is 20.4. The van der Waals surface area contributed by atoms with Crippen LogP contribution in [0, 0.1) is 5.82 Å². The molecule has 1 aromatic carbocycles. The zero-order valence-corrected chi connectivity index (χ0v) is 13.5. The summed E-state index contributed by atoms with van der Waals surface area (Å²) in [7, 11) is 1.22. The van der Waals surface area contributed by atoms with E-state index in [0.29, 0.717) is 17.0 Å². The van der Waals surface area contributed by atoms with E-state index < -0.39 is 16.8 Å². The number of carbonyl (C=O) groups is 1. The summed E-state index contributed by atoms with van der Waals surface area (Å²) in [5.74, 6) is -1.37. The molecule has 0 saturated heterocycles. The monoisotopic (exact) mass is 355 g/mol. The second kappa shape index (κ2) is 5.86. The van der Waals surface area contributed by atoms with Gasteiger partial charge in [-0.25, -0.2) is 14.2 Å². The van der Waals surface area contributed by atoms with Gasteiger partial charge in [0.1, 0.15) is 10.5 Å². The minimum absolute atomic E-state index is 0.0239. The Balaban J connectivity index is 2.10. The van der Waals surface area contributed by atoms with Crippen LogP contribution in [-0.2, 0) is 4.74 Å². The van der Waals surface area contributed by atoms with Gasteiger partial charge in [0.05, 0.1) is 30.2 Å². The van der Waals surface area contributed by atoms with Crippen LogP contribution in [0.25, 0.3) is 11.0 Å². The molecule has 1 atom stereocenters. The van der Waals surface area contributed by atoms with Gasteiger partial charge in [-0.2, -0.15) is 0 Å². The number of fused-ring (bicyclic) bond motifs is 1. The maximum absolute atomic E-state index is 14.8. The number of esters is 1. The fourth-order valence-electron chi connectivity index (χ4n) is 2.33. The highest BCUT2D eigenvalue weighted by Crippen LogP contribution is 2.35. The highest BCUT2D eigenvalue weighted by Gasteiger charge is 2.30. The van der Waals surface area contributed by atoms with Crippen molar-refractivity contribution in [3.63, 3.8) is 0 Å². The molecule has 3 rings (SSSR count). The Hall–Kier alpha value is -2.05. The largest absolute Gasteiger partial charge is 0.465 e. The molecule has 0 amide bonds. The number of halogens is 3. The van der Waals surface area contributed by atoms with Gasteiger partial charge >= 0.3 is 5.97 Å². The molecule has 2 aromatic rings. The number of allylic oxidation sites excluding steroid dienone is 2. The molecule has 0 fully saturated rings. The van der Waals surface area contributed by atoms with Crippen LogP contribution in [0.5, 0.6) is 0 Å². The van der Waals surface area contributed by atoms with E-state index in [-0.39, 0.29) is 16.8 Å². The number of ether oxygens (including phenoxy) is 1. The van der Waals surface area contributed by atoms with Crippen molar-refractivity contribution in [3.05, 3.63) is 47.0 Å². The van der Waals surface area contributed by atoms with Gasteiger partial charge in [-0.3, -0.25) is 0 Å². The first-order valence-electron chi connectivity index (χ1n) is 6.69. The number of carbonyl (C=O) groups excluding carboxylic acids is 1. The lowest BCUT2D eigenvalue weighted by molar-refractivity contribution is 0.0601. The van der Waals surface area contributed by atoms with E-state index in [1.165, 1.54) is 19.5 Å². The number of hydrogen-bond acceptors (Lipinski definition) is 4. The number of hydrogen-bond donors (Lipinski definition) is 2. The van der Waals surface area contributed by atoms with Crippen molar-refractivity contribution >= 4 is 45.9 Å². The van der Waals surface area contributed by atoms with Crippen LogP contribution in [0.1, 0.15) is 16.8 Å². The molecule has 1 aliphatic carbocycles. The van der Waals surface area contributed by atoms with Gasteiger partial charge in [0.15, 0.2) is 5.82 Å². The van der Waals surface area contributed by atoms with Gasteiger partial charge < -0.3 is 15.0 Å². The SMILES string of the molecule is COC(=O)c1cc2[nH]cnc2c(F)c1NC1(Cl)C=CC(Cl)=CC1. The first kappa shape index (κ1) is 15.8. The van der Waals surface area contributed by atoms with E-state index in [1.807, 2.05) is 0 Å². The van der Waals surface area contributed by atoms with Crippen LogP contribution < -0.4 is 5.32 Å². The van der Waals surface area contributed by atoms with Crippen molar-refractivity contribution in [3.8, 4) is 0 Å². The second-order valence-electron chi connectivity index (χ2n) is 5.02. The van der Waals surface area contributed by atoms with Crippen LogP contribution in [-0.4, -0.2) is 28.0 Å². The number of aromatic amines is 1. The minimum atomic E-state index is -1.11. The predicted molar refractivity (Wildman–Crippen MR) is 87.3 cm³/mol. The molecule has 1 unspecified atom stereocenters. The van der Waals surface area contributed by atoms with Crippen LogP contribution >= 0.6 is 23.2 Å². The Morgan fingerprint density at radius 2 is 2.35 bits per heavy atom. The van der Waals surface area contributed by atoms with Crippen LogP contribution in [0.3, 0.4) is 0 Å². The Morgan fingerprint density at radius 3 is 3.00 bits per heavy atom. The lowest BCUT2D eigenvalue weighted by atomic mass is 10.1. The average Bonchev–Trinajstić information content (AvgIpc) is 3.01. The number of aromatic nitrogens is 2. The number of anilines is 1. The van der Waals surface area contributed by atoms with Crippen LogP contribution in [0.15, 0.2) is 35.7 Å². The van der Waals surface area contributed by atoms with Gasteiger partial charge in [0, 0.05) is 11.5 Å². The van der Waals surface area contributed by atoms with Gasteiger partial charge in [-0.05, 0) is 18.2 Å². The second-order valence-corrected chi connectivity index (χ2v) is 6.13. The summed E-state index contributed by atoms with van der Waals surface area (Å²) in [6, 6.07) is 1.47. The molecular formula is C15H12Cl2FN3O2. The number of benzene rings is 1. The predicted octanol–water partition coefficient (Wildman–Crippen LogP) is 3.92. The van der Waals surface area contributed by atoms with Crippen molar-refractivity contribution < 1.29 is 13.9 Å². The van der Waals surface area contributed by atoms with Gasteiger partial charge in [-0.15, -0.1) is 0 Å². The standard InChI is InChI=1S/C15H12Cl2FN3O2/c1-23-14(22)9-6-10-13(20-7-19-10)11(18)12(9)21-15(17)4-2-8(16)3-5-15/h2-4,6-7,21H,5H2,1H3,(H,19,20). The molecule has 8 heteroatoms. The average molecular weight is 356 g/mol. The van der Waals surface area contributed by atoms with E-state index in [4.69, 9.17) is 27.9 Å². The third-order valence-corrected chi connectivity index (χ3v) is 4.15. The minimum Gasteiger partial charge on any atom is -0.465 e. The molecule has 120 valence electrons. The van der Waals surface area contributed by atoms with Gasteiger partial charge in [0.2, 0.25) is 0 Å². The third-order valence-electron chi connectivity index (χ3n) is 3.49. The van der Waals surface area contributed by atoms with E-state index >= 15 is 0 Å². The lowest BCUT2D eigenvalue weighted by Crippen LogP contribution is -2.31. The van der Waals surface area contributed by atoms with Crippen LogP contribution in [0.4, 0.5) is 10.1 Å². The Labute approximate surface area is 141 Å². The number of alkyl halides is 1. The molecule has 0 aliphatic heterocycles. The van der Waals surface area contributed by atoms with Crippen molar-refractivity contribution in [1.82, 2.24) is 9.97 Å². The fourth-order valence-corrected chi connectivity index (χ4v) is 2.70. The molecular weight excluding hydrogens is 344 g/mol. The maximum Gasteiger partial charge on any atom is 0.340 e. The van der Waals surface area contributed by atoms with Crippen molar-refractivity contribution in [2.24, 2.45) is 0 Å². The summed E-state index contributed by atoms with van der Waals surface area (Å²) in [5, 5.41) is 3.40. The van der Waals surface area contributed by atoms with E-state index in [0.717, 1.165) is 0 Å². The smallest absolute Gasteiger partial charge is 0.340 e. The zero-order chi connectivity index (χ0) is 16.6. The maximum atomic E-state index is 14.8. The molecule has 0 saturated carbocycles. The first-order valence-corrected chi connectivity index (χ1v) is 7.45. The lowest BCUT2D eigenvalue weighted by Gasteiger charge is -2.28. The van der Waals surface area contributed by atoms with Crippen molar-refractivity contribution in [2.45, 2.75) is 11.4 Å². The highest BCUT2D eigenvalue weighted by atomic mass is 35.5. The molecule has 1 aliphatic rings. The third kappa shape index (κ3) is 2.92. The van der Waals surface area contributed by atoms with Gasteiger partial charge in [0.25, 0.3) is 0 Å². The topological polar surface area (TPSA) is 67.0 Å². The molecule has 23 heavy (non-hydrogen) atoms. The molecule has 1 aromatic heterocycles. The van der Waals surface area contributed by atoms with Crippen molar-refractivity contribution in [2.75, 3.05) is 12.4 Å². The summed E-state index contributed by atoms with van der Waals surface area (Å²) in [4.78, 5) is 17.6. The zero-order valence-electron chi connectivity index (χ0n) is 12.0. The summed E-state index contributed by atoms with van der Waals surface area (Å²) in [5.41, 5.74) is 0.450. The Bertz CT molecular complexity index is 847. The Morgan fingerprint density at radius 1 is 1.57 bits per heavy atom. The van der Waals surface area contributed by atoms with Crippen LogP contribution in [0.2, 0.25) is 0 Å². The number of nitrogens with one attached hydrogen (secondary N) is 2. The number of rotatable bonds is 3. The number of methoxy groups -OCH3 is 1. The quantitative estimate of drug-likeness (QED) is 0.497. The molecule has 2 N–H and O–H groups in total. The summed E-state index contributed by atoms with van der Waals surface area (Å²) in [6.45, 7) is 0. The molecule has 0 bridgehead atoms.